The Balaban J connectivity index is 2.50. The molecule has 4 nitrogen and oxygen atoms in total. The molecule has 108 valence electrons. The molecule has 0 amide bonds. The van der Waals surface area contributed by atoms with E-state index in [-0.39, 0.29) is 6.61 Å². The van der Waals surface area contributed by atoms with E-state index >= 15 is 0 Å². The average molecular weight is 288 g/mol. The fourth-order valence-electron chi connectivity index (χ4n) is 1.52. The summed E-state index contributed by atoms with van der Waals surface area (Å²) in [5.74, 6) is 0.810. The lowest BCUT2D eigenvalue weighted by atomic mass is 10.2. The Kier molecular flexibility index (Phi) is 7.82. The van der Waals surface area contributed by atoms with Crippen LogP contribution in [0.1, 0.15) is 19.4 Å². The number of ether oxygens (including phenoxy) is 2. The summed E-state index contributed by atoms with van der Waals surface area (Å²) in [7, 11) is 0. The molecule has 0 unspecified atom stereocenters. The van der Waals surface area contributed by atoms with Crippen molar-refractivity contribution in [3.8, 4) is 5.75 Å². The molecule has 0 saturated heterocycles. The number of nitrogens with one attached hydrogen (secondary N) is 1. The van der Waals surface area contributed by atoms with Gasteiger partial charge in [0.2, 0.25) is 0 Å². The SMILES string of the molecule is CC(C)NCc1cc(Cl)ccc1OCCOCCO. The highest BCUT2D eigenvalue weighted by Gasteiger charge is 2.05. The molecule has 19 heavy (non-hydrogen) atoms. The topological polar surface area (TPSA) is 50.7 Å². The maximum atomic E-state index is 8.59. The van der Waals surface area contributed by atoms with Crippen molar-refractivity contribution in [2.75, 3.05) is 26.4 Å². The van der Waals surface area contributed by atoms with Gasteiger partial charge in [0.15, 0.2) is 0 Å². The minimum absolute atomic E-state index is 0.0322. The molecule has 2 N–H and O–H groups in total. The second-order valence-electron chi connectivity index (χ2n) is 4.47. The minimum Gasteiger partial charge on any atom is -0.491 e. The van der Waals surface area contributed by atoms with Crippen molar-refractivity contribution in [2.45, 2.75) is 26.4 Å². The molecule has 0 aliphatic heterocycles. The molecule has 0 atom stereocenters. The standard InChI is InChI=1S/C14H22ClNO3/c1-11(2)16-10-12-9-13(15)3-4-14(12)19-8-7-18-6-5-17/h3-4,9,11,16-17H,5-8,10H2,1-2H3. The number of halogens is 1. The number of aliphatic hydroxyl groups excluding tert-OH is 1. The Hall–Kier alpha value is -0.810. The normalized spacial score (nSPS) is 11.0. The highest BCUT2D eigenvalue weighted by molar-refractivity contribution is 6.30. The van der Waals surface area contributed by atoms with Crippen LogP contribution in [-0.2, 0) is 11.3 Å². The van der Waals surface area contributed by atoms with E-state index in [1.807, 2.05) is 18.2 Å². The van der Waals surface area contributed by atoms with E-state index in [1.54, 1.807) is 0 Å². The van der Waals surface area contributed by atoms with Crippen LogP contribution < -0.4 is 10.1 Å². The van der Waals surface area contributed by atoms with Crippen molar-refractivity contribution in [2.24, 2.45) is 0 Å². The molecule has 0 saturated carbocycles. The number of hydrogen-bond acceptors (Lipinski definition) is 4. The lowest BCUT2D eigenvalue weighted by Crippen LogP contribution is -2.22. The summed E-state index contributed by atoms with van der Waals surface area (Å²) in [5.41, 5.74) is 1.03. The first-order chi connectivity index (χ1) is 9.13. The molecular formula is C14H22ClNO3. The van der Waals surface area contributed by atoms with Crippen LogP contribution in [0.4, 0.5) is 0 Å². The van der Waals surface area contributed by atoms with Crippen molar-refractivity contribution in [3.63, 3.8) is 0 Å². The van der Waals surface area contributed by atoms with Gasteiger partial charge in [-0.25, -0.2) is 0 Å². The molecule has 0 aliphatic rings. The van der Waals surface area contributed by atoms with Gasteiger partial charge in [-0.2, -0.15) is 0 Å². The number of rotatable bonds is 9. The smallest absolute Gasteiger partial charge is 0.124 e. The lowest BCUT2D eigenvalue weighted by Gasteiger charge is -2.14. The monoisotopic (exact) mass is 287 g/mol. The van der Waals surface area contributed by atoms with Crippen LogP contribution in [-0.4, -0.2) is 37.6 Å². The van der Waals surface area contributed by atoms with Gasteiger partial charge in [-0.15, -0.1) is 0 Å². The second-order valence-corrected chi connectivity index (χ2v) is 4.91. The number of aliphatic hydroxyl groups is 1. The van der Waals surface area contributed by atoms with Gasteiger partial charge in [0.05, 0.1) is 19.8 Å². The molecule has 0 spiro atoms. The van der Waals surface area contributed by atoms with Crippen LogP contribution in [0.3, 0.4) is 0 Å². The van der Waals surface area contributed by atoms with E-state index in [2.05, 4.69) is 19.2 Å². The molecule has 0 aliphatic carbocycles. The van der Waals surface area contributed by atoms with E-state index < -0.39 is 0 Å². The van der Waals surface area contributed by atoms with Crippen LogP contribution in [0.2, 0.25) is 5.02 Å². The lowest BCUT2D eigenvalue weighted by molar-refractivity contribution is 0.0703. The van der Waals surface area contributed by atoms with Crippen LogP contribution in [0.25, 0.3) is 0 Å². The third kappa shape index (κ3) is 6.78. The molecule has 1 aromatic rings. The van der Waals surface area contributed by atoms with Gasteiger partial charge in [0.1, 0.15) is 12.4 Å². The zero-order chi connectivity index (χ0) is 14.1. The first kappa shape index (κ1) is 16.2. The first-order valence-electron chi connectivity index (χ1n) is 6.46. The van der Waals surface area contributed by atoms with Crippen LogP contribution in [0.5, 0.6) is 5.75 Å². The number of hydrogen-bond donors (Lipinski definition) is 2. The second kappa shape index (κ2) is 9.15. The van der Waals surface area contributed by atoms with E-state index in [0.29, 0.717) is 37.4 Å². The van der Waals surface area contributed by atoms with E-state index in [1.165, 1.54) is 0 Å². The molecule has 0 bridgehead atoms. The summed E-state index contributed by atoms with van der Waals surface area (Å²) in [6.07, 6.45) is 0. The molecule has 0 fully saturated rings. The molecule has 5 heteroatoms. The number of benzene rings is 1. The van der Waals surface area contributed by atoms with Gasteiger partial charge in [-0.05, 0) is 18.2 Å². The maximum absolute atomic E-state index is 8.59. The Labute approximate surface area is 119 Å². The highest BCUT2D eigenvalue weighted by atomic mass is 35.5. The summed E-state index contributed by atoms with van der Waals surface area (Å²) in [4.78, 5) is 0. The van der Waals surface area contributed by atoms with Crippen LogP contribution in [0.15, 0.2) is 18.2 Å². The van der Waals surface area contributed by atoms with Crippen molar-refractivity contribution in [1.82, 2.24) is 5.32 Å². The van der Waals surface area contributed by atoms with Crippen LogP contribution in [0, 0.1) is 0 Å². The zero-order valence-electron chi connectivity index (χ0n) is 11.5. The largest absolute Gasteiger partial charge is 0.491 e. The Morgan fingerprint density at radius 3 is 2.74 bits per heavy atom. The average Bonchev–Trinajstić information content (AvgIpc) is 2.38. The van der Waals surface area contributed by atoms with Gasteiger partial charge in [0.25, 0.3) is 0 Å². The zero-order valence-corrected chi connectivity index (χ0v) is 12.2. The predicted octanol–water partition coefficient (Wildman–Crippen LogP) is 2.23. The summed E-state index contributed by atoms with van der Waals surface area (Å²) in [6, 6.07) is 5.98. The van der Waals surface area contributed by atoms with Crippen molar-refractivity contribution >= 4 is 11.6 Å². The third-order valence-corrected chi connectivity index (χ3v) is 2.68. The predicted molar refractivity (Wildman–Crippen MR) is 76.8 cm³/mol. The van der Waals surface area contributed by atoms with Crippen molar-refractivity contribution < 1.29 is 14.6 Å². The van der Waals surface area contributed by atoms with Gasteiger partial charge in [0, 0.05) is 23.2 Å². The highest BCUT2D eigenvalue weighted by Crippen LogP contribution is 2.23. The molecular weight excluding hydrogens is 266 g/mol. The van der Waals surface area contributed by atoms with E-state index in [9.17, 15) is 0 Å². The Morgan fingerprint density at radius 1 is 1.26 bits per heavy atom. The third-order valence-electron chi connectivity index (χ3n) is 2.44. The molecule has 1 rings (SSSR count). The Bertz CT molecular complexity index is 372. The minimum atomic E-state index is 0.0322. The summed E-state index contributed by atoms with van der Waals surface area (Å²) in [6.45, 7) is 6.18. The maximum Gasteiger partial charge on any atom is 0.124 e. The molecule has 0 aromatic heterocycles. The van der Waals surface area contributed by atoms with Gasteiger partial charge in [-0.1, -0.05) is 25.4 Å². The fraction of sp³-hybridized carbons (Fsp3) is 0.571. The van der Waals surface area contributed by atoms with Gasteiger partial charge in [-0.3, -0.25) is 0 Å². The quantitative estimate of drug-likeness (QED) is 0.684. The summed E-state index contributed by atoms with van der Waals surface area (Å²) < 4.78 is 10.8. The van der Waals surface area contributed by atoms with Crippen LogP contribution >= 0.6 is 11.6 Å². The molecule has 0 radical (unpaired) electrons. The molecule has 0 heterocycles. The van der Waals surface area contributed by atoms with E-state index in [4.69, 9.17) is 26.2 Å². The summed E-state index contributed by atoms with van der Waals surface area (Å²) >= 11 is 6.00. The summed E-state index contributed by atoms with van der Waals surface area (Å²) in [5, 5.41) is 12.6. The van der Waals surface area contributed by atoms with E-state index in [0.717, 1.165) is 11.3 Å². The fourth-order valence-corrected chi connectivity index (χ4v) is 1.71. The van der Waals surface area contributed by atoms with Crippen molar-refractivity contribution in [1.29, 1.82) is 0 Å². The first-order valence-corrected chi connectivity index (χ1v) is 6.84. The van der Waals surface area contributed by atoms with Gasteiger partial charge >= 0.3 is 0 Å². The van der Waals surface area contributed by atoms with Crippen molar-refractivity contribution in [3.05, 3.63) is 28.8 Å². The molecule has 1 aromatic carbocycles. The van der Waals surface area contributed by atoms with Gasteiger partial charge < -0.3 is 19.9 Å². The Morgan fingerprint density at radius 2 is 2.05 bits per heavy atom.